The summed E-state index contributed by atoms with van der Waals surface area (Å²) < 4.78 is 17.1. The van der Waals surface area contributed by atoms with Gasteiger partial charge >= 0.3 is 12.1 Å². The Morgan fingerprint density at radius 2 is 1.44 bits per heavy atom. The van der Waals surface area contributed by atoms with Crippen molar-refractivity contribution < 1.29 is 33.4 Å². The average molecular weight is 581 g/mol. The summed E-state index contributed by atoms with van der Waals surface area (Å²) in [7, 11) is 0. The van der Waals surface area contributed by atoms with Crippen LogP contribution >= 0.6 is 0 Å². The number of hydrogen-bond donors (Lipinski definition) is 0. The largest absolute Gasteiger partial charge is 0.471 e. The van der Waals surface area contributed by atoms with Crippen molar-refractivity contribution in [1.82, 2.24) is 9.80 Å². The third-order valence-electron chi connectivity index (χ3n) is 7.34. The maximum Gasteiger partial charge on any atom is 0.410 e. The zero-order valence-corrected chi connectivity index (χ0v) is 23.5. The van der Waals surface area contributed by atoms with E-state index in [1.54, 1.807) is 17.1 Å². The Morgan fingerprint density at radius 1 is 0.860 bits per heavy atom. The number of nitrogens with zero attached hydrogens (tertiary/aromatic N) is 2. The van der Waals surface area contributed by atoms with Crippen LogP contribution in [0.4, 0.5) is 4.79 Å². The van der Waals surface area contributed by atoms with E-state index < -0.39 is 23.8 Å². The van der Waals surface area contributed by atoms with E-state index in [2.05, 4.69) is 0 Å². The Balaban J connectivity index is 1.33. The zero-order chi connectivity index (χ0) is 30.1. The Labute approximate surface area is 250 Å². The van der Waals surface area contributed by atoms with Crippen molar-refractivity contribution in [2.75, 3.05) is 6.54 Å². The predicted octanol–water partition coefficient (Wildman–Crippen LogP) is 4.93. The van der Waals surface area contributed by atoms with E-state index in [1.165, 1.54) is 4.90 Å². The van der Waals surface area contributed by atoms with Crippen molar-refractivity contribution in [2.45, 2.75) is 44.4 Å². The molecule has 2 saturated heterocycles. The second kappa shape index (κ2) is 13.7. The van der Waals surface area contributed by atoms with Gasteiger partial charge in [-0.15, -0.1) is 0 Å². The molecule has 2 aliphatic rings. The lowest BCUT2D eigenvalue weighted by Gasteiger charge is -2.41. The van der Waals surface area contributed by atoms with Crippen molar-refractivity contribution in [3.05, 3.63) is 132 Å². The molecule has 2 atom stereocenters. The molecule has 5 rings (SSSR count). The second-order valence-corrected chi connectivity index (χ2v) is 10.2. The maximum absolute atomic E-state index is 13.7. The fourth-order valence-electron chi connectivity index (χ4n) is 5.14. The molecule has 9 heteroatoms. The summed E-state index contributed by atoms with van der Waals surface area (Å²) in [6.45, 7) is 0.586. The lowest BCUT2D eigenvalue weighted by molar-refractivity contribution is -0.174. The Bertz CT molecular complexity index is 1490. The van der Waals surface area contributed by atoms with Gasteiger partial charge in [-0.2, -0.15) is 0 Å². The molecule has 0 radical (unpaired) electrons. The van der Waals surface area contributed by atoms with Gasteiger partial charge in [0.05, 0.1) is 6.42 Å². The first-order chi connectivity index (χ1) is 21.0. The molecule has 0 N–H and O–H groups in total. The molecule has 2 fully saturated rings. The number of β-lactam (4-membered cyclic amide) rings is 1. The molecular formula is C34H32N2O7. The van der Waals surface area contributed by atoms with Gasteiger partial charge in [0.25, 0.3) is 0 Å². The zero-order valence-electron chi connectivity index (χ0n) is 23.5. The first-order valence-electron chi connectivity index (χ1n) is 14.0. The quantitative estimate of drug-likeness (QED) is 0.0985. The summed E-state index contributed by atoms with van der Waals surface area (Å²) in [4.78, 5) is 53.9. The molecule has 2 aliphatic heterocycles. The van der Waals surface area contributed by atoms with Crippen LogP contribution in [0.2, 0.25) is 0 Å². The minimum atomic E-state index is -1.63. The van der Waals surface area contributed by atoms with Gasteiger partial charge in [-0.1, -0.05) is 103 Å². The Kier molecular flexibility index (Phi) is 9.31. The molecule has 3 aromatic carbocycles. The summed E-state index contributed by atoms with van der Waals surface area (Å²) >= 11 is 0. The van der Waals surface area contributed by atoms with Crippen LogP contribution in [0.25, 0.3) is 0 Å². The fraction of sp³-hybridized carbons (Fsp3) is 0.235. The number of rotatable bonds is 12. The lowest BCUT2D eigenvalue weighted by Crippen LogP contribution is -2.63. The number of esters is 1. The molecule has 1 unspecified atom stereocenters. The van der Waals surface area contributed by atoms with Crippen molar-refractivity contribution in [2.24, 2.45) is 0 Å². The van der Waals surface area contributed by atoms with Gasteiger partial charge in [-0.3, -0.25) is 14.5 Å². The van der Waals surface area contributed by atoms with Crippen LogP contribution in [0, 0.1) is 0 Å². The molecule has 2 heterocycles. The first kappa shape index (κ1) is 29.3. The molecule has 3 aromatic rings. The van der Waals surface area contributed by atoms with Crippen molar-refractivity contribution in [3.8, 4) is 0 Å². The van der Waals surface area contributed by atoms with Gasteiger partial charge < -0.3 is 19.1 Å². The van der Waals surface area contributed by atoms with E-state index in [0.29, 0.717) is 12.8 Å². The van der Waals surface area contributed by atoms with Crippen molar-refractivity contribution in [1.29, 1.82) is 0 Å². The van der Waals surface area contributed by atoms with E-state index in [4.69, 9.17) is 14.2 Å². The number of carbonyl (C=O) groups excluding carboxylic acids is 4. The maximum atomic E-state index is 13.7. The van der Waals surface area contributed by atoms with E-state index in [9.17, 15) is 19.2 Å². The molecule has 0 saturated carbocycles. The van der Waals surface area contributed by atoms with Gasteiger partial charge in [0.15, 0.2) is 6.23 Å². The lowest BCUT2D eigenvalue weighted by atomic mass is 9.88. The topological polar surface area (TPSA) is 102 Å². The predicted molar refractivity (Wildman–Crippen MR) is 157 cm³/mol. The number of amides is 2. The van der Waals surface area contributed by atoms with Gasteiger partial charge in [-0.05, 0) is 16.7 Å². The van der Waals surface area contributed by atoms with Crippen LogP contribution in [-0.2, 0) is 48.4 Å². The Morgan fingerprint density at radius 3 is 2.02 bits per heavy atom. The number of benzene rings is 3. The monoisotopic (exact) mass is 580 g/mol. The normalized spacial score (nSPS) is 19.8. The number of hydrogen-bond acceptors (Lipinski definition) is 7. The van der Waals surface area contributed by atoms with Crippen LogP contribution in [0.3, 0.4) is 0 Å². The molecule has 0 bridgehead atoms. The van der Waals surface area contributed by atoms with E-state index in [1.807, 2.05) is 91.0 Å². The third kappa shape index (κ3) is 6.67. The molecule has 0 spiro atoms. The number of ether oxygens (including phenoxy) is 3. The highest BCUT2D eigenvalue weighted by Crippen LogP contribution is 2.47. The third-order valence-corrected chi connectivity index (χ3v) is 7.34. The minimum Gasteiger partial charge on any atom is -0.471 e. The highest BCUT2D eigenvalue weighted by molar-refractivity contribution is 5.96. The number of fused-ring (bicyclic) bond motifs is 1. The van der Waals surface area contributed by atoms with Gasteiger partial charge in [0.2, 0.25) is 11.4 Å². The fourth-order valence-corrected chi connectivity index (χ4v) is 5.14. The van der Waals surface area contributed by atoms with Gasteiger partial charge in [0.1, 0.15) is 25.3 Å². The highest BCUT2D eigenvalue weighted by atomic mass is 16.6. The van der Waals surface area contributed by atoms with Crippen LogP contribution in [0.5, 0.6) is 0 Å². The van der Waals surface area contributed by atoms with Gasteiger partial charge in [-0.25, -0.2) is 9.59 Å². The molecular weight excluding hydrogens is 548 g/mol. The molecule has 0 aromatic heterocycles. The summed E-state index contributed by atoms with van der Waals surface area (Å²) in [6, 6.07) is 28.1. The van der Waals surface area contributed by atoms with Crippen LogP contribution < -0.4 is 0 Å². The Hall–Kier alpha value is -5.18. The van der Waals surface area contributed by atoms with Gasteiger partial charge in [0, 0.05) is 25.6 Å². The number of carbonyl (C=O) groups is 4. The van der Waals surface area contributed by atoms with Crippen LogP contribution in [-0.4, -0.2) is 52.4 Å². The summed E-state index contributed by atoms with van der Waals surface area (Å²) in [5.41, 5.74) is 0.928. The number of allylic oxidation sites excluding steroid dienone is 1. The SMILES string of the molecule is O=C/C=C1\O[C@@H]2CC(=O)N2C1(C/C=C/CN(Cc1ccccc1)C(=O)OCc1ccccc1)C(=O)OCc1ccccc1. The standard InChI is InChI=1S/C34H32N2O7/c37-21-18-29-34(36-30(38)22-31(36)43-29,32(39)41-24-27-14-6-2-7-15-27)19-10-11-20-35(23-26-12-4-1-5-13-26)33(40)42-25-28-16-8-3-9-17-28/h1-18,21,31H,19-20,22-25H2/b11-10+,29-18-/t31-,34?/m1/s1. The average Bonchev–Trinajstić information content (AvgIpc) is 3.29. The molecule has 220 valence electrons. The van der Waals surface area contributed by atoms with Crippen LogP contribution in [0.15, 0.2) is 115 Å². The van der Waals surface area contributed by atoms with Crippen molar-refractivity contribution >= 4 is 24.3 Å². The second-order valence-electron chi connectivity index (χ2n) is 10.2. The summed E-state index contributed by atoms with van der Waals surface area (Å²) in [5, 5.41) is 0. The summed E-state index contributed by atoms with van der Waals surface area (Å²) in [5.74, 6) is -0.919. The highest BCUT2D eigenvalue weighted by Gasteiger charge is 2.64. The molecule has 0 aliphatic carbocycles. The first-order valence-corrected chi connectivity index (χ1v) is 14.0. The van der Waals surface area contributed by atoms with E-state index in [-0.39, 0.29) is 44.3 Å². The summed E-state index contributed by atoms with van der Waals surface area (Å²) in [6.07, 6.45) is 4.05. The van der Waals surface area contributed by atoms with Crippen LogP contribution in [0.1, 0.15) is 29.5 Å². The molecule has 2 amide bonds. The van der Waals surface area contributed by atoms with E-state index in [0.717, 1.165) is 22.8 Å². The smallest absolute Gasteiger partial charge is 0.410 e. The minimum absolute atomic E-state index is 0.00961. The van der Waals surface area contributed by atoms with E-state index >= 15 is 0 Å². The molecule has 9 nitrogen and oxygen atoms in total. The number of aldehydes is 1. The molecule has 43 heavy (non-hydrogen) atoms. The van der Waals surface area contributed by atoms with Crippen molar-refractivity contribution in [3.63, 3.8) is 0 Å².